The van der Waals surface area contributed by atoms with E-state index in [1.54, 1.807) is 6.20 Å². The molecular weight excluding hydrogens is 248 g/mol. The maximum atomic E-state index is 6.10. The Kier molecular flexibility index (Phi) is 1.97. The first kappa shape index (κ1) is 10.9. The molecule has 2 bridgehead atoms. The van der Waals surface area contributed by atoms with E-state index in [4.69, 9.17) is 5.73 Å². The molecule has 0 saturated heterocycles. The Morgan fingerprint density at radius 3 is 2.65 bits per heavy atom. The van der Waals surface area contributed by atoms with E-state index in [9.17, 15) is 0 Å². The highest BCUT2D eigenvalue weighted by Gasteiger charge is 2.65. The summed E-state index contributed by atoms with van der Waals surface area (Å²) in [7, 11) is 0. The van der Waals surface area contributed by atoms with Gasteiger partial charge in [0.05, 0.1) is 18.2 Å². The third kappa shape index (κ3) is 1.27. The van der Waals surface area contributed by atoms with Crippen LogP contribution in [0.3, 0.4) is 0 Å². The van der Waals surface area contributed by atoms with Gasteiger partial charge in [-0.05, 0) is 49.0 Å². The van der Waals surface area contributed by atoms with Crippen molar-refractivity contribution in [2.75, 3.05) is 5.73 Å². The van der Waals surface area contributed by atoms with Crippen molar-refractivity contribution in [2.45, 2.75) is 25.3 Å². The number of imidazole rings is 1. The molecule has 4 nitrogen and oxygen atoms in total. The van der Waals surface area contributed by atoms with E-state index < -0.39 is 0 Å². The largest absolute Gasteiger partial charge is 0.398 e. The zero-order valence-electron chi connectivity index (χ0n) is 11.3. The number of hydrogen-bond donors (Lipinski definition) is 1. The lowest BCUT2D eigenvalue weighted by Crippen LogP contribution is -2.06. The fourth-order valence-corrected chi connectivity index (χ4v) is 5.02. The minimum atomic E-state index is 0.665. The first-order valence-electron chi connectivity index (χ1n) is 7.56. The van der Waals surface area contributed by atoms with E-state index in [0.717, 1.165) is 40.6 Å². The summed E-state index contributed by atoms with van der Waals surface area (Å²) in [6, 6.07) is 2.53. The van der Waals surface area contributed by atoms with E-state index in [1.807, 2.05) is 24.8 Å². The smallest absolute Gasteiger partial charge is 0.0953 e. The number of rotatable bonds is 2. The highest BCUT2D eigenvalue weighted by Crippen LogP contribution is 2.71. The number of aromatic nitrogens is 3. The summed E-state index contributed by atoms with van der Waals surface area (Å²) in [5.74, 6) is 3.74. The molecule has 2 aromatic rings. The summed E-state index contributed by atoms with van der Waals surface area (Å²) in [5.41, 5.74) is 9.04. The summed E-state index contributed by atoms with van der Waals surface area (Å²) in [6.45, 7) is 0. The summed E-state index contributed by atoms with van der Waals surface area (Å²) in [6.07, 6.45) is 11.9. The summed E-state index contributed by atoms with van der Waals surface area (Å²) in [4.78, 5) is 8.59. The highest BCUT2D eigenvalue weighted by molar-refractivity contribution is 5.72. The Hall–Kier alpha value is -1.84. The van der Waals surface area contributed by atoms with Gasteiger partial charge >= 0.3 is 0 Å². The van der Waals surface area contributed by atoms with Crippen LogP contribution in [0.4, 0.5) is 5.69 Å². The zero-order chi connectivity index (χ0) is 13.3. The van der Waals surface area contributed by atoms with Gasteiger partial charge in [-0.3, -0.25) is 4.98 Å². The zero-order valence-corrected chi connectivity index (χ0v) is 11.3. The van der Waals surface area contributed by atoms with E-state index in [1.165, 1.54) is 19.3 Å². The second-order valence-electron chi connectivity index (χ2n) is 6.63. The predicted octanol–water partition coefficient (Wildman–Crippen LogP) is 2.74. The van der Waals surface area contributed by atoms with E-state index >= 15 is 0 Å². The van der Waals surface area contributed by atoms with Crippen molar-refractivity contribution < 1.29 is 0 Å². The van der Waals surface area contributed by atoms with Gasteiger partial charge in [0.15, 0.2) is 0 Å². The molecule has 4 heteroatoms. The number of fused-ring (bicyclic) bond motifs is 5. The van der Waals surface area contributed by atoms with Gasteiger partial charge < -0.3 is 10.3 Å². The van der Waals surface area contributed by atoms with Crippen LogP contribution in [0.5, 0.6) is 0 Å². The van der Waals surface area contributed by atoms with Gasteiger partial charge in [-0.1, -0.05) is 0 Å². The molecule has 102 valence electrons. The van der Waals surface area contributed by atoms with Crippen molar-refractivity contribution in [1.82, 2.24) is 14.5 Å². The Morgan fingerprint density at radius 1 is 1.10 bits per heavy atom. The molecule has 0 spiro atoms. The van der Waals surface area contributed by atoms with Crippen molar-refractivity contribution in [1.29, 1.82) is 0 Å². The van der Waals surface area contributed by atoms with E-state index in [2.05, 4.69) is 14.5 Å². The van der Waals surface area contributed by atoms with Gasteiger partial charge in [0.1, 0.15) is 0 Å². The van der Waals surface area contributed by atoms with Crippen molar-refractivity contribution >= 4 is 5.69 Å². The fourth-order valence-electron chi connectivity index (χ4n) is 5.02. The SMILES string of the molecule is Nc1ccncc1-c1cncn1C1C2C3CCC(C3)C21. The van der Waals surface area contributed by atoms with Crippen LogP contribution in [0.1, 0.15) is 25.3 Å². The molecule has 0 aliphatic heterocycles. The highest BCUT2D eigenvalue weighted by atomic mass is 15.1. The summed E-state index contributed by atoms with van der Waals surface area (Å²) < 4.78 is 2.37. The molecule has 4 unspecified atom stereocenters. The normalized spacial score (nSPS) is 37.1. The minimum Gasteiger partial charge on any atom is -0.398 e. The average molecular weight is 266 g/mol. The van der Waals surface area contributed by atoms with Crippen LogP contribution >= 0.6 is 0 Å². The molecule has 0 radical (unpaired) electrons. The number of nitrogens with zero attached hydrogens (tertiary/aromatic N) is 3. The first-order valence-corrected chi connectivity index (χ1v) is 7.56. The molecule has 3 fully saturated rings. The number of hydrogen-bond acceptors (Lipinski definition) is 3. The Bertz CT molecular complexity index is 661. The topological polar surface area (TPSA) is 56.7 Å². The molecule has 0 aromatic carbocycles. The van der Waals surface area contributed by atoms with Gasteiger partial charge in [0.25, 0.3) is 0 Å². The molecule has 4 atom stereocenters. The van der Waals surface area contributed by atoms with Gasteiger partial charge in [-0.15, -0.1) is 0 Å². The third-order valence-electron chi connectivity index (χ3n) is 5.81. The number of nitrogens with two attached hydrogens (primary N) is 1. The number of nitrogen functional groups attached to an aromatic ring is 1. The lowest BCUT2D eigenvalue weighted by Gasteiger charge is -2.14. The van der Waals surface area contributed by atoms with Crippen LogP contribution in [0, 0.1) is 23.7 Å². The second-order valence-corrected chi connectivity index (χ2v) is 6.63. The molecule has 2 aromatic heterocycles. The van der Waals surface area contributed by atoms with Crippen molar-refractivity contribution in [3.8, 4) is 11.3 Å². The Labute approximate surface area is 118 Å². The molecule has 3 aliphatic carbocycles. The number of pyridine rings is 1. The van der Waals surface area contributed by atoms with Crippen molar-refractivity contribution in [2.24, 2.45) is 23.7 Å². The van der Waals surface area contributed by atoms with Gasteiger partial charge in [0.2, 0.25) is 0 Å². The van der Waals surface area contributed by atoms with Gasteiger partial charge in [-0.2, -0.15) is 0 Å². The van der Waals surface area contributed by atoms with Crippen LogP contribution in [0.25, 0.3) is 11.3 Å². The average Bonchev–Trinajstić information content (AvgIpc) is 2.89. The van der Waals surface area contributed by atoms with Crippen molar-refractivity contribution in [3.63, 3.8) is 0 Å². The first-order chi connectivity index (χ1) is 9.84. The lowest BCUT2D eigenvalue weighted by atomic mass is 10.0. The van der Waals surface area contributed by atoms with Crippen LogP contribution in [0.2, 0.25) is 0 Å². The minimum absolute atomic E-state index is 0.665. The standard InChI is InChI=1S/C16H18N4/c17-12-3-4-18-6-11(12)13-7-19-8-20(13)16-14-9-1-2-10(5-9)15(14)16/h3-4,6-10,14-16H,1-2,5H2,(H2,17,18). The van der Waals surface area contributed by atoms with Crippen molar-refractivity contribution in [3.05, 3.63) is 31.0 Å². The molecule has 2 N–H and O–H groups in total. The molecule has 5 rings (SSSR count). The second kappa shape index (κ2) is 3.62. The lowest BCUT2D eigenvalue weighted by molar-refractivity contribution is 0.455. The van der Waals surface area contributed by atoms with Gasteiger partial charge in [0, 0.05) is 29.7 Å². The Balaban J connectivity index is 1.56. The molecule has 3 aliphatic rings. The maximum Gasteiger partial charge on any atom is 0.0953 e. The van der Waals surface area contributed by atoms with Crippen LogP contribution in [-0.4, -0.2) is 14.5 Å². The molecule has 3 saturated carbocycles. The van der Waals surface area contributed by atoms with Crippen LogP contribution < -0.4 is 5.73 Å². The molecule has 2 heterocycles. The molecular formula is C16H18N4. The summed E-state index contributed by atoms with van der Waals surface area (Å²) >= 11 is 0. The maximum absolute atomic E-state index is 6.10. The third-order valence-corrected chi connectivity index (χ3v) is 5.81. The van der Waals surface area contributed by atoms with Crippen LogP contribution in [0.15, 0.2) is 31.0 Å². The predicted molar refractivity (Wildman–Crippen MR) is 76.7 cm³/mol. The fraction of sp³-hybridized carbons (Fsp3) is 0.500. The quantitative estimate of drug-likeness (QED) is 0.909. The monoisotopic (exact) mass is 266 g/mol. The summed E-state index contributed by atoms with van der Waals surface area (Å²) in [5, 5.41) is 0. The van der Waals surface area contributed by atoms with E-state index in [0.29, 0.717) is 6.04 Å². The van der Waals surface area contributed by atoms with Gasteiger partial charge in [-0.25, -0.2) is 4.98 Å². The molecule has 0 amide bonds. The van der Waals surface area contributed by atoms with Crippen LogP contribution in [-0.2, 0) is 0 Å². The molecule has 20 heavy (non-hydrogen) atoms. The van der Waals surface area contributed by atoms with E-state index in [-0.39, 0.29) is 0 Å². The Morgan fingerprint density at radius 2 is 1.90 bits per heavy atom. The number of anilines is 1.